The molecule has 140 valence electrons. The Kier molecular flexibility index (Phi) is 5.32. The number of hydrogen-bond acceptors (Lipinski definition) is 5. The van der Waals surface area contributed by atoms with Gasteiger partial charge in [0.15, 0.2) is 5.75 Å². The van der Waals surface area contributed by atoms with Crippen LogP contribution in [0.3, 0.4) is 0 Å². The predicted octanol–water partition coefficient (Wildman–Crippen LogP) is 5.09. The lowest BCUT2D eigenvalue weighted by atomic mass is 10.1. The summed E-state index contributed by atoms with van der Waals surface area (Å²) in [6, 6.07) is 19.9. The Morgan fingerprint density at radius 3 is 2.54 bits per heavy atom. The van der Waals surface area contributed by atoms with Gasteiger partial charge in [-0.1, -0.05) is 42.5 Å². The lowest BCUT2D eigenvalue weighted by Crippen LogP contribution is -2.24. The molecule has 4 aromatic rings. The third-order valence-corrected chi connectivity index (χ3v) is 5.27. The van der Waals surface area contributed by atoms with Crippen molar-refractivity contribution in [2.45, 2.75) is 0 Å². The number of carbonyl (C=O) groups excluding carboxylic acids is 1. The average Bonchev–Trinajstić information content (AvgIpc) is 3.19. The smallest absolute Gasteiger partial charge is 0.263 e. The molecule has 0 saturated heterocycles. The minimum Gasteiger partial charge on any atom is -0.455 e. The van der Waals surface area contributed by atoms with E-state index in [0.717, 1.165) is 21.2 Å². The lowest BCUT2D eigenvalue weighted by molar-refractivity contribution is 0.0876. The van der Waals surface area contributed by atoms with E-state index in [0.29, 0.717) is 16.4 Å². The van der Waals surface area contributed by atoms with Crippen molar-refractivity contribution in [1.82, 2.24) is 10.3 Å². The first-order valence-corrected chi connectivity index (χ1v) is 9.54. The SMILES string of the molecule is COCNC(=O)c1cc2c(Oc3ccc(-c4ccccc4)cc3)cncc2s1. The van der Waals surface area contributed by atoms with Gasteiger partial charge < -0.3 is 14.8 Å². The van der Waals surface area contributed by atoms with Gasteiger partial charge in [-0.2, -0.15) is 0 Å². The van der Waals surface area contributed by atoms with Gasteiger partial charge in [-0.15, -0.1) is 11.3 Å². The van der Waals surface area contributed by atoms with Crippen molar-refractivity contribution < 1.29 is 14.3 Å². The Morgan fingerprint density at radius 2 is 1.79 bits per heavy atom. The molecule has 2 heterocycles. The van der Waals surface area contributed by atoms with Crippen molar-refractivity contribution in [2.75, 3.05) is 13.8 Å². The number of nitrogens with zero attached hydrogens (tertiary/aromatic N) is 1. The maximum Gasteiger partial charge on any atom is 0.263 e. The number of rotatable bonds is 6. The number of fused-ring (bicyclic) bond motifs is 1. The van der Waals surface area contributed by atoms with Crippen molar-refractivity contribution in [1.29, 1.82) is 0 Å². The zero-order chi connectivity index (χ0) is 19.3. The maximum absolute atomic E-state index is 12.2. The summed E-state index contributed by atoms with van der Waals surface area (Å²) in [6.45, 7) is 0.169. The molecule has 0 radical (unpaired) electrons. The van der Waals surface area contributed by atoms with Crippen LogP contribution in [0.1, 0.15) is 9.67 Å². The Hall–Kier alpha value is -3.22. The minimum absolute atomic E-state index is 0.169. The molecule has 0 fully saturated rings. The van der Waals surface area contributed by atoms with Crippen LogP contribution in [0.4, 0.5) is 0 Å². The highest BCUT2D eigenvalue weighted by molar-refractivity contribution is 7.20. The molecule has 2 aromatic carbocycles. The first kappa shape index (κ1) is 18.2. The zero-order valence-electron chi connectivity index (χ0n) is 15.2. The Labute approximate surface area is 166 Å². The van der Waals surface area contributed by atoms with Gasteiger partial charge in [0.05, 0.1) is 15.8 Å². The van der Waals surface area contributed by atoms with Gasteiger partial charge in [0, 0.05) is 18.7 Å². The molecule has 6 heteroatoms. The molecule has 0 aliphatic carbocycles. The molecule has 1 N–H and O–H groups in total. The van der Waals surface area contributed by atoms with Gasteiger partial charge in [0.1, 0.15) is 12.5 Å². The van der Waals surface area contributed by atoms with E-state index >= 15 is 0 Å². The average molecular weight is 390 g/mol. The van der Waals surface area contributed by atoms with Gasteiger partial charge in [-0.3, -0.25) is 9.78 Å². The van der Waals surface area contributed by atoms with Crippen LogP contribution in [0, 0.1) is 0 Å². The second-order valence-electron chi connectivity index (χ2n) is 6.09. The molecular weight excluding hydrogens is 372 g/mol. The molecule has 0 spiro atoms. The number of aromatic nitrogens is 1. The fourth-order valence-electron chi connectivity index (χ4n) is 2.83. The summed E-state index contributed by atoms with van der Waals surface area (Å²) in [5, 5.41) is 3.54. The van der Waals surface area contributed by atoms with Crippen molar-refractivity contribution in [2.24, 2.45) is 0 Å². The Morgan fingerprint density at radius 1 is 1.04 bits per heavy atom. The molecule has 0 aliphatic rings. The molecule has 28 heavy (non-hydrogen) atoms. The van der Waals surface area contributed by atoms with E-state index in [-0.39, 0.29) is 12.6 Å². The van der Waals surface area contributed by atoms with Crippen LogP contribution in [-0.2, 0) is 4.74 Å². The van der Waals surface area contributed by atoms with Gasteiger partial charge in [-0.25, -0.2) is 0 Å². The standard InChI is InChI=1S/C22H18N2O3S/c1-26-14-24-22(25)20-11-18-19(12-23-13-21(18)28-20)27-17-9-7-16(8-10-17)15-5-3-2-4-6-15/h2-13H,14H2,1H3,(H,24,25). The van der Waals surface area contributed by atoms with Crippen molar-refractivity contribution in [3.63, 3.8) is 0 Å². The summed E-state index contributed by atoms with van der Waals surface area (Å²) in [5.74, 6) is 1.15. The van der Waals surface area contributed by atoms with Crippen molar-refractivity contribution in [3.05, 3.63) is 77.9 Å². The molecule has 0 saturated carbocycles. The normalized spacial score (nSPS) is 10.8. The van der Waals surface area contributed by atoms with Gasteiger partial charge in [0.25, 0.3) is 5.91 Å². The van der Waals surface area contributed by atoms with Crippen LogP contribution < -0.4 is 10.1 Å². The number of amides is 1. The number of benzene rings is 2. The summed E-state index contributed by atoms with van der Waals surface area (Å²) in [6.07, 6.45) is 3.40. The number of nitrogens with one attached hydrogen (secondary N) is 1. The molecular formula is C22H18N2O3S. The number of methoxy groups -OCH3 is 1. The first-order chi connectivity index (χ1) is 13.7. The highest BCUT2D eigenvalue weighted by atomic mass is 32.1. The number of hydrogen-bond donors (Lipinski definition) is 1. The van der Waals surface area contributed by atoms with Gasteiger partial charge >= 0.3 is 0 Å². The van der Waals surface area contributed by atoms with Crippen molar-refractivity contribution in [3.8, 4) is 22.6 Å². The van der Waals surface area contributed by atoms with Crippen LogP contribution >= 0.6 is 11.3 Å². The summed E-state index contributed by atoms with van der Waals surface area (Å²) >= 11 is 1.37. The Bertz CT molecular complexity index is 1090. The van der Waals surface area contributed by atoms with Crippen LogP contribution in [0.25, 0.3) is 21.2 Å². The van der Waals surface area contributed by atoms with Gasteiger partial charge in [-0.05, 0) is 29.3 Å². The second kappa shape index (κ2) is 8.21. The van der Waals surface area contributed by atoms with E-state index in [1.165, 1.54) is 18.4 Å². The third-order valence-electron chi connectivity index (χ3n) is 4.20. The zero-order valence-corrected chi connectivity index (χ0v) is 16.0. The molecule has 5 nitrogen and oxygen atoms in total. The monoisotopic (exact) mass is 390 g/mol. The predicted molar refractivity (Wildman–Crippen MR) is 111 cm³/mol. The van der Waals surface area contributed by atoms with E-state index in [1.807, 2.05) is 48.5 Å². The summed E-state index contributed by atoms with van der Waals surface area (Å²) < 4.78 is 11.8. The largest absolute Gasteiger partial charge is 0.455 e. The highest BCUT2D eigenvalue weighted by Gasteiger charge is 2.13. The quantitative estimate of drug-likeness (QED) is 0.466. The molecule has 0 aliphatic heterocycles. The molecule has 2 aromatic heterocycles. The Balaban J connectivity index is 1.57. The minimum atomic E-state index is -0.179. The molecule has 0 unspecified atom stereocenters. The summed E-state index contributed by atoms with van der Waals surface area (Å²) in [4.78, 5) is 17.0. The molecule has 4 rings (SSSR count). The van der Waals surface area contributed by atoms with Crippen LogP contribution in [0.15, 0.2) is 73.1 Å². The van der Waals surface area contributed by atoms with Crippen LogP contribution in [0.2, 0.25) is 0 Å². The number of pyridine rings is 1. The molecule has 1 amide bonds. The molecule has 0 atom stereocenters. The van der Waals surface area contributed by atoms with Gasteiger partial charge in [0.2, 0.25) is 0 Å². The molecule has 0 bridgehead atoms. The van der Waals surface area contributed by atoms with E-state index in [4.69, 9.17) is 9.47 Å². The van der Waals surface area contributed by atoms with Crippen LogP contribution in [0.5, 0.6) is 11.5 Å². The summed E-state index contributed by atoms with van der Waals surface area (Å²) in [5.41, 5.74) is 2.28. The first-order valence-electron chi connectivity index (χ1n) is 8.72. The third kappa shape index (κ3) is 3.88. The second-order valence-corrected chi connectivity index (χ2v) is 7.18. The van der Waals surface area contributed by atoms with E-state index in [1.54, 1.807) is 12.4 Å². The highest BCUT2D eigenvalue weighted by Crippen LogP contribution is 2.35. The van der Waals surface area contributed by atoms with E-state index in [9.17, 15) is 4.79 Å². The van der Waals surface area contributed by atoms with E-state index < -0.39 is 0 Å². The fraction of sp³-hybridized carbons (Fsp3) is 0.0909. The van der Waals surface area contributed by atoms with Crippen molar-refractivity contribution >= 4 is 27.3 Å². The number of carbonyl (C=O) groups is 1. The maximum atomic E-state index is 12.2. The van der Waals surface area contributed by atoms with E-state index in [2.05, 4.69) is 22.4 Å². The fourth-order valence-corrected chi connectivity index (χ4v) is 3.79. The topological polar surface area (TPSA) is 60.5 Å². The van der Waals surface area contributed by atoms with Crippen LogP contribution in [-0.4, -0.2) is 24.7 Å². The lowest BCUT2D eigenvalue weighted by Gasteiger charge is -2.08. The summed E-state index contributed by atoms with van der Waals surface area (Å²) in [7, 11) is 1.53. The number of ether oxygens (including phenoxy) is 2. The number of thiophene rings is 1.